The Morgan fingerprint density at radius 3 is 2.58 bits per heavy atom. The summed E-state index contributed by atoms with van der Waals surface area (Å²) in [6.07, 6.45) is 0.384. The highest BCUT2D eigenvalue weighted by Gasteiger charge is 2.11. The molecule has 0 aromatic heterocycles. The van der Waals surface area contributed by atoms with Crippen LogP contribution in [-0.2, 0) is 9.59 Å². The Balaban J connectivity index is 3.64. The quantitative estimate of drug-likeness (QED) is 0.468. The first-order chi connectivity index (χ1) is 5.61. The van der Waals surface area contributed by atoms with Gasteiger partial charge in [0, 0.05) is 6.42 Å². The van der Waals surface area contributed by atoms with Crippen molar-refractivity contribution in [3.63, 3.8) is 0 Å². The highest BCUT2D eigenvalue weighted by Crippen LogP contribution is 1.80. The van der Waals surface area contributed by atoms with Gasteiger partial charge in [-0.15, -0.1) is 0 Å². The second-order valence-corrected chi connectivity index (χ2v) is 2.40. The van der Waals surface area contributed by atoms with Crippen LogP contribution < -0.4 is 11.1 Å². The van der Waals surface area contributed by atoms with Crippen molar-refractivity contribution >= 4 is 11.7 Å². The molecule has 5 heteroatoms. The van der Waals surface area contributed by atoms with Crippen LogP contribution in [-0.4, -0.2) is 36.0 Å². The van der Waals surface area contributed by atoms with Gasteiger partial charge in [0.05, 0.1) is 13.2 Å². The van der Waals surface area contributed by atoms with Crippen molar-refractivity contribution < 1.29 is 14.7 Å². The fraction of sp³-hybridized carbons (Fsp3) is 0.714. The van der Waals surface area contributed by atoms with E-state index < -0.39 is 18.6 Å². The van der Waals surface area contributed by atoms with Gasteiger partial charge in [-0.05, 0) is 0 Å². The van der Waals surface area contributed by atoms with Gasteiger partial charge in [0.25, 0.3) is 0 Å². The SMILES string of the molecule is CCC(=O)CNC(=O)C(N)CO. The van der Waals surface area contributed by atoms with E-state index in [1.165, 1.54) is 0 Å². The predicted molar refractivity (Wildman–Crippen MR) is 43.4 cm³/mol. The van der Waals surface area contributed by atoms with Crippen LogP contribution in [0.5, 0.6) is 0 Å². The molecule has 0 aliphatic carbocycles. The van der Waals surface area contributed by atoms with Crippen molar-refractivity contribution in [1.82, 2.24) is 5.32 Å². The lowest BCUT2D eigenvalue weighted by Gasteiger charge is -2.07. The number of nitrogens with two attached hydrogens (primary N) is 1. The zero-order chi connectivity index (χ0) is 9.56. The van der Waals surface area contributed by atoms with Crippen molar-refractivity contribution in [3.8, 4) is 0 Å². The van der Waals surface area contributed by atoms with E-state index in [1.807, 2.05) is 0 Å². The lowest BCUT2D eigenvalue weighted by atomic mass is 10.3. The summed E-state index contributed by atoms with van der Waals surface area (Å²) in [4.78, 5) is 21.6. The molecule has 0 fully saturated rings. The topological polar surface area (TPSA) is 92.4 Å². The minimum absolute atomic E-state index is 0.0109. The summed E-state index contributed by atoms with van der Waals surface area (Å²) in [7, 11) is 0. The van der Waals surface area contributed by atoms with Crippen molar-refractivity contribution in [1.29, 1.82) is 0 Å². The molecule has 1 unspecified atom stereocenters. The third-order valence-corrected chi connectivity index (χ3v) is 1.39. The summed E-state index contributed by atoms with van der Waals surface area (Å²) in [5.74, 6) is -0.562. The second kappa shape index (κ2) is 5.68. The molecule has 0 spiro atoms. The third-order valence-electron chi connectivity index (χ3n) is 1.39. The van der Waals surface area contributed by atoms with Crippen LogP contribution in [0.3, 0.4) is 0 Å². The summed E-state index contributed by atoms with van der Waals surface area (Å²) in [5, 5.41) is 10.8. The van der Waals surface area contributed by atoms with Gasteiger partial charge in [0.2, 0.25) is 5.91 Å². The van der Waals surface area contributed by atoms with E-state index in [0.717, 1.165) is 0 Å². The number of amides is 1. The molecule has 4 N–H and O–H groups in total. The van der Waals surface area contributed by atoms with Crippen LogP contribution in [0, 0.1) is 0 Å². The fourth-order valence-electron chi connectivity index (χ4n) is 0.525. The van der Waals surface area contributed by atoms with Gasteiger partial charge in [-0.1, -0.05) is 6.92 Å². The maximum Gasteiger partial charge on any atom is 0.239 e. The Kier molecular flexibility index (Phi) is 5.23. The molecular formula is C7H14N2O3. The molecule has 0 aliphatic rings. The molecule has 0 aliphatic heterocycles. The average molecular weight is 174 g/mol. The zero-order valence-corrected chi connectivity index (χ0v) is 7.04. The number of nitrogens with one attached hydrogen (secondary N) is 1. The van der Waals surface area contributed by atoms with E-state index in [4.69, 9.17) is 10.8 Å². The molecule has 0 heterocycles. The first-order valence-electron chi connectivity index (χ1n) is 3.77. The van der Waals surface area contributed by atoms with Crippen molar-refractivity contribution in [3.05, 3.63) is 0 Å². The van der Waals surface area contributed by atoms with Crippen LogP contribution in [0.4, 0.5) is 0 Å². The number of hydrogen-bond acceptors (Lipinski definition) is 4. The van der Waals surface area contributed by atoms with E-state index in [1.54, 1.807) is 6.92 Å². The smallest absolute Gasteiger partial charge is 0.239 e. The number of ketones is 1. The summed E-state index contributed by atoms with van der Waals surface area (Å²) in [6.45, 7) is 1.29. The first kappa shape index (κ1) is 11.1. The van der Waals surface area contributed by atoms with E-state index in [-0.39, 0.29) is 12.3 Å². The molecule has 0 aromatic carbocycles. The largest absolute Gasteiger partial charge is 0.394 e. The molecule has 0 aromatic rings. The van der Waals surface area contributed by atoms with Crippen LogP contribution in [0.25, 0.3) is 0 Å². The Morgan fingerprint density at radius 2 is 2.17 bits per heavy atom. The molecule has 0 saturated heterocycles. The third kappa shape index (κ3) is 4.05. The molecule has 5 nitrogen and oxygen atoms in total. The van der Waals surface area contributed by atoms with Crippen molar-refractivity contribution in [2.75, 3.05) is 13.2 Å². The van der Waals surface area contributed by atoms with E-state index in [9.17, 15) is 9.59 Å². The van der Waals surface area contributed by atoms with Crippen LogP contribution in [0.15, 0.2) is 0 Å². The first-order valence-corrected chi connectivity index (χ1v) is 3.77. The normalized spacial score (nSPS) is 12.2. The van der Waals surface area contributed by atoms with Gasteiger partial charge >= 0.3 is 0 Å². The van der Waals surface area contributed by atoms with E-state index in [2.05, 4.69) is 5.32 Å². The molecule has 70 valence electrons. The molecule has 0 bridgehead atoms. The van der Waals surface area contributed by atoms with Gasteiger partial charge in [0.15, 0.2) is 5.78 Å². The highest BCUT2D eigenvalue weighted by molar-refractivity contribution is 5.88. The van der Waals surface area contributed by atoms with Gasteiger partial charge in [0.1, 0.15) is 6.04 Å². The van der Waals surface area contributed by atoms with E-state index in [0.29, 0.717) is 6.42 Å². The van der Waals surface area contributed by atoms with E-state index >= 15 is 0 Å². The standard InChI is InChI=1S/C7H14N2O3/c1-2-5(11)3-9-7(12)6(8)4-10/h6,10H,2-4,8H2,1H3,(H,9,12). The number of aliphatic hydroxyl groups excluding tert-OH is 1. The number of carbonyl (C=O) groups is 2. The summed E-state index contributed by atoms with van der Waals surface area (Å²) in [6, 6.07) is -0.936. The Morgan fingerprint density at radius 1 is 1.58 bits per heavy atom. The van der Waals surface area contributed by atoms with Gasteiger partial charge in [-0.3, -0.25) is 9.59 Å². The molecule has 0 rings (SSSR count). The molecule has 1 amide bonds. The number of carbonyl (C=O) groups excluding carboxylic acids is 2. The molecular weight excluding hydrogens is 160 g/mol. The maximum atomic E-state index is 10.8. The zero-order valence-electron chi connectivity index (χ0n) is 7.04. The minimum atomic E-state index is -0.936. The highest BCUT2D eigenvalue weighted by atomic mass is 16.3. The lowest BCUT2D eigenvalue weighted by molar-refractivity contribution is -0.126. The molecule has 0 saturated carbocycles. The number of rotatable bonds is 5. The summed E-state index contributed by atoms with van der Waals surface area (Å²) in [5.41, 5.74) is 5.17. The summed E-state index contributed by atoms with van der Waals surface area (Å²) < 4.78 is 0. The van der Waals surface area contributed by atoms with Gasteiger partial charge in [-0.2, -0.15) is 0 Å². The molecule has 1 atom stereocenters. The van der Waals surface area contributed by atoms with Crippen molar-refractivity contribution in [2.45, 2.75) is 19.4 Å². The van der Waals surface area contributed by atoms with Crippen LogP contribution in [0.1, 0.15) is 13.3 Å². The van der Waals surface area contributed by atoms with Crippen LogP contribution in [0.2, 0.25) is 0 Å². The van der Waals surface area contributed by atoms with Gasteiger partial charge in [-0.25, -0.2) is 0 Å². The minimum Gasteiger partial charge on any atom is -0.394 e. The number of aliphatic hydroxyl groups is 1. The molecule has 0 radical (unpaired) electrons. The van der Waals surface area contributed by atoms with Gasteiger partial charge < -0.3 is 16.2 Å². The number of hydrogen-bond donors (Lipinski definition) is 3. The second-order valence-electron chi connectivity index (χ2n) is 2.40. The Hall–Kier alpha value is -0.940. The lowest BCUT2D eigenvalue weighted by Crippen LogP contribution is -2.44. The summed E-state index contributed by atoms with van der Waals surface area (Å²) >= 11 is 0. The number of Topliss-reactive ketones (excluding diaryl/α,β-unsaturated/α-hetero) is 1. The molecule has 12 heavy (non-hydrogen) atoms. The van der Waals surface area contributed by atoms with Crippen molar-refractivity contribution in [2.24, 2.45) is 5.73 Å². The van der Waals surface area contributed by atoms with Crippen LogP contribution >= 0.6 is 0 Å². The Labute approximate surface area is 70.9 Å². The Bertz CT molecular complexity index is 170. The average Bonchev–Trinajstić information content (AvgIpc) is 2.11. The monoisotopic (exact) mass is 174 g/mol. The predicted octanol–water partition coefficient (Wildman–Crippen LogP) is -1.60. The maximum absolute atomic E-state index is 10.8. The fourth-order valence-corrected chi connectivity index (χ4v) is 0.525.